The molecule has 2 aliphatic carbocycles. The van der Waals surface area contributed by atoms with Crippen LogP contribution in [0.15, 0.2) is 15.4 Å². The summed E-state index contributed by atoms with van der Waals surface area (Å²) in [6, 6.07) is -2.77. The van der Waals surface area contributed by atoms with Gasteiger partial charge in [-0.1, -0.05) is 60.3 Å². The number of ketones is 1. The molecule has 3 heterocycles. The monoisotopic (exact) mass is 684 g/mol. The van der Waals surface area contributed by atoms with Crippen LogP contribution in [0.25, 0.3) is 0 Å². The summed E-state index contributed by atoms with van der Waals surface area (Å²) in [5.74, 6) is -3.94. The Hall–Kier alpha value is -3.97. The predicted octanol–water partition coefficient (Wildman–Crippen LogP) is 1.89. The number of likely N-dealkylation sites (tertiary alicyclic amines) is 2. The summed E-state index contributed by atoms with van der Waals surface area (Å²) in [5.41, 5.74) is -1.36. The lowest BCUT2D eigenvalue weighted by molar-refractivity contribution is -0.153. The van der Waals surface area contributed by atoms with Crippen LogP contribution < -0.4 is 21.5 Å². The fraction of sp³-hybridized carbons (Fsp3) is 0.743. The molecule has 4 fully saturated rings. The van der Waals surface area contributed by atoms with Crippen LogP contribution in [0.5, 0.6) is 0 Å². The smallest absolute Gasteiger partial charge is 0.290 e. The fourth-order valence-electron chi connectivity index (χ4n) is 7.76. The van der Waals surface area contributed by atoms with Gasteiger partial charge < -0.3 is 30.3 Å². The molecular formula is C35H52N6O8. The first-order valence-corrected chi connectivity index (χ1v) is 18.0. The molecule has 2 saturated heterocycles. The molecule has 2 saturated carbocycles. The molecule has 6 atom stereocenters. The molecule has 1 aromatic rings. The van der Waals surface area contributed by atoms with Crippen molar-refractivity contribution in [2.75, 3.05) is 13.1 Å². The lowest BCUT2D eigenvalue weighted by Gasteiger charge is -2.40. The Bertz CT molecular complexity index is 1480. The Labute approximate surface area is 286 Å². The maximum atomic E-state index is 14.6. The number of fused-ring (bicyclic) bond motifs is 2. The SMILES string of the molecule is CCC[C@@H](C(=O)C(=O)NC1CC1)N1CC[C@H]2CN(C(=O)[C@@H](NC(=O)[C@@H](NC(=O)c3cc(=O)[nH]o3)C3CCCCC3)C(C)(C)C)[C@H](C1=O)[C@H]2C. The highest BCUT2D eigenvalue weighted by atomic mass is 16.5. The standard InChI is InChI=1S/C35H52N6O8/c1-6-10-23(28(43)32(46)36-22-13-14-22)40-16-15-21-18-41(27(19(21)2)33(40)47)34(48)29(35(3,4)5)38-31(45)26(20-11-8-7-9-12-20)37-30(44)24-17-25(42)39-49-24/h17,19-23,26-27,29H,6-16,18H2,1-5H3,(H,36,46)(H,37,44)(H,38,45)(H,39,42)/t19-,21-,23-,26-,27-,29+/m0/s1. The average Bonchev–Trinajstić information content (AvgIpc) is 3.69. The van der Waals surface area contributed by atoms with Crippen molar-refractivity contribution < 1.29 is 33.3 Å². The molecule has 0 spiro atoms. The predicted molar refractivity (Wildman–Crippen MR) is 178 cm³/mol. The van der Waals surface area contributed by atoms with Crippen molar-refractivity contribution in [3.05, 3.63) is 22.2 Å². The Morgan fingerprint density at radius 3 is 2.29 bits per heavy atom. The van der Waals surface area contributed by atoms with Crippen molar-refractivity contribution in [2.45, 2.75) is 129 Å². The Morgan fingerprint density at radius 2 is 1.69 bits per heavy atom. The van der Waals surface area contributed by atoms with E-state index in [1.54, 1.807) is 4.90 Å². The fourth-order valence-corrected chi connectivity index (χ4v) is 7.76. The Balaban J connectivity index is 1.37. The van der Waals surface area contributed by atoms with Crippen molar-refractivity contribution in [1.29, 1.82) is 0 Å². The third-order valence-corrected chi connectivity index (χ3v) is 10.8. The molecule has 14 heteroatoms. The number of H-pyrrole nitrogens is 1. The van der Waals surface area contributed by atoms with Crippen molar-refractivity contribution >= 4 is 35.3 Å². The first-order valence-electron chi connectivity index (χ1n) is 18.0. The van der Waals surface area contributed by atoms with E-state index in [2.05, 4.69) is 21.1 Å². The zero-order valence-corrected chi connectivity index (χ0v) is 29.3. The highest BCUT2D eigenvalue weighted by Gasteiger charge is 2.53. The van der Waals surface area contributed by atoms with Crippen LogP contribution in [-0.4, -0.2) is 93.6 Å². The summed E-state index contributed by atoms with van der Waals surface area (Å²) in [6.07, 6.45) is 7.39. The van der Waals surface area contributed by atoms with Gasteiger partial charge in [0, 0.05) is 19.1 Å². The molecule has 2 aliphatic heterocycles. The van der Waals surface area contributed by atoms with Crippen LogP contribution in [0.3, 0.4) is 0 Å². The lowest BCUT2D eigenvalue weighted by atomic mass is 9.82. The first-order chi connectivity index (χ1) is 23.2. The van der Waals surface area contributed by atoms with Crippen LogP contribution in [-0.2, 0) is 24.0 Å². The Kier molecular flexibility index (Phi) is 11.0. The highest BCUT2D eigenvalue weighted by Crippen LogP contribution is 2.39. The molecular weight excluding hydrogens is 632 g/mol. The van der Waals surface area contributed by atoms with Gasteiger partial charge >= 0.3 is 0 Å². The van der Waals surface area contributed by atoms with Crippen LogP contribution in [0.2, 0.25) is 0 Å². The van der Waals surface area contributed by atoms with Gasteiger partial charge in [0.15, 0.2) is 0 Å². The van der Waals surface area contributed by atoms with Crippen molar-refractivity contribution in [3.8, 4) is 0 Å². The van der Waals surface area contributed by atoms with Gasteiger partial charge in [0.1, 0.15) is 24.2 Å². The summed E-state index contributed by atoms with van der Waals surface area (Å²) in [7, 11) is 0. The van der Waals surface area contributed by atoms with E-state index in [-0.39, 0.29) is 35.5 Å². The second-order valence-electron chi connectivity index (χ2n) is 15.5. The molecule has 0 aromatic carbocycles. The van der Waals surface area contributed by atoms with Gasteiger partial charge in [-0.2, -0.15) is 5.16 Å². The lowest BCUT2D eigenvalue weighted by Crippen LogP contribution is -2.62. The van der Waals surface area contributed by atoms with Gasteiger partial charge in [-0.05, 0) is 61.7 Å². The first kappa shape index (κ1) is 36.3. The number of aromatic amines is 1. The number of nitrogens with one attached hydrogen (secondary N) is 4. The van der Waals surface area contributed by atoms with Gasteiger partial charge in [-0.3, -0.25) is 33.6 Å². The minimum Gasteiger partial charge on any atom is -0.373 e. The maximum absolute atomic E-state index is 14.6. The molecule has 0 radical (unpaired) electrons. The van der Waals surface area contributed by atoms with Crippen molar-refractivity contribution in [3.63, 3.8) is 0 Å². The molecule has 49 heavy (non-hydrogen) atoms. The number of nitrogens with zero attached hydrogens (tertiary/aromatic N) is 2. The number of Topliss-reactive ketones (excluding diaryl/α,β-unsaturated/α-hetero) is 1. The maximum Gasteiger partial charge on any atom is 0.290 e. The summed E-state index contributed by atoms with van der Waals surface area (Å²) >= 11 is 0. The van der Waals surface area contributed by atoms with Crippen molar-refractivity contribution in [2.24, 2.45) is 23.2 Å². The van der Waals surface area contributed by atoms with E-state index in [1.807, 2.05) is 34.6 Å². The van der Waals surface area contributed by atoms with Gasteiger partial charge in [-0.15, -0.1) is 0 Å². The quantitative estimate of drug-likeness (QED) is 0.240. The van der Waals surface area contributed by atoms with E-state index in [4.69, 9.17) is 4.52 Å². The van der Waals surface area contributed by atoms with E-state index >= 15 is 0 Å². The van der Waals surface area contributed by atoms with Gasteiger partial charge in [-0.25, -0.2) is 0 Å². The number of rotatable bonds is 12. The van der Waals surface area contributed by atoms with E-state index in [9.17, 15) is 33.6 Å². The second kappa shape index (κ2) is 14.9. The number of hydrogen-bond acceptors (Lipinski definition) is 8. The van der Waals surface area contributed by atoms with E-state index < -0.39 is 64.6 Å². The molecule has 1 aromatic heterocycles. The molecule has 270 valence electrons. The zero-order chi connectivity index (χ0) is 35.6. The topological polar surface area (TPSA) is 191 Å². The van der Waals surface area contributed by atoms with E-state index in [0.717, 1.165) is 38.2 Å². The zero-order valence-electron chi connectivity index (χ0n) is 29.3. The van der Waals surface area contributed by atoms with E-state index in [1.165, 1.54) is 4.90 Å². The number of carbonyl (C=O) groups is 6. The third kappa shape index (κ3) is 8.09. The van der Waals surface area contributed by atoms with Gasteiger partial charge in [0.05, 0.1) is 6.07 Å². The molecule has 4 N–H and O–H groups in total. The molecule has 5 amide bonds. The minimum absolute atomic E-state index is 0.00706. The number of carbonyl (C=O) groups excluding carboxylic acids is 6. The molecule has 2 bridgehead atoms. The summed E-state index contributed by atoms with van der Waals surface area (Å²) < 4.78 is 4.97. The minimum atomic E-state index is -1.04. The van der Waals surface area contributed by atoms with Crippen LogP contribution in [0.4, 0.5) is 0 Å². The third-order valence-electron chi connectivity index (χ3n) is 10.8. The van der Waals surface area contributed by atoms with Gasteiger partial charge in [0.2, 0.25) is 29.3 Å². The highest BCUT2D eigenvalue weighted by molar-refractivity contribution is 6.38. The van der Waals surface area contributed by atoms with Gasteiger partial charge in [0.25, 0.3) is 17.4 Å². The summed E-state index contributed by atoms with van der Waals surface area (Å²) in [6.45, 7) is 10.00. The molecule has 14 nitrogen and oxygen atoms in total. The number of hydrogen-bond donors (Lipinski definition) is 4. The van der Waals surface area contributed by atoms with Crippen LogP contribution in [0.1, 0.15) is 109 Å². The van der Waals surface area contributed by atoms with Crippen LogP contribution >= 0.6 is 0 Å². The number of amides is 5. The molecule has 4 aliphatic rings. The molecule has 5 rings (SSSR count). The Morgan fingerprint density at radius 1 is 1.00 bits per heavy atom. The summed E-state index contributed by atoms with van der Waals surface area (Å²) in [4.78, 5) is 96.9. The average molecular weight is 685 g/mol. The van der Waals surface area contributed by atoms with E-state index in [0.29, 0.717) is 45.2 Å². The second-order valence-corrected chi connectivity index (χ2v) is 15.5. The van der Waals surface area contributed by atoms with Crippen molar-refractivity contribution in [1.82, 2.24) is 30.9 Å². The largest absolute Gasteiger partial charge is 0.373 e. The van der Waals surface area contributed by atoms with Crippen LogP contribution in [0, 0.1) is 23.2 Å². The normalized spacial score (nSPS) is 24.8. The summed E-state index contributed by atoms with van der Waals surface area (Å²) in [5, 5.41) is 10.5. The number of aromatic nitrogens is 1. The molecule has 0 unspecified atom stereocenters.